The monoisotopic (exact) mass is 340 g/mol. The Morgan fingerprint density at radius 3 is 2.28 bits per heavy atom. The number of likely N-dealkylation sites (tertiary alicyclic amines) is 1. The third kappa shape index (κ3) is 3.44. The molecule has 0 aromatic heterocycles. The molecule has 1 aromatic rings. The van der Waals surface area contributed by atoms with E-state index >= 15 is 0 Å². The van der Waals surface area contributed by atoms with Crippen molar-refractivity contribution in [1.82, 2.24) is 9.80 Å². The Morgan fingerprint density at radius 2 is 1.56 bits per heavy atom. The fraction of sp³-hybridized carbons (Fsp3) is 0.619. The molecule has 1 spiro atoms. The minimum Gasteiger partial charge on any atom is -0.342 e. The van der Waals surface area contributed by atoms with Gasteiger partial charge < -0.3 is 9.80 Å². The quantitative estimate of drug-likeness (QED) is 0.848. The summed E-state index contributed by atoms with van der Waals surface area (Å²) < 4.78 is 0. The lowest BCUT2D eigenvalue weighted by Crippen LogP contribution is -2.49. The van der Waals surface area contributed by atoms with Crippen LogP contribution in [-0.4, -0.2) is 41.2 Å². The predicted molar refractivity (Wildman–Crippen MR) is 96.9 cm³/mol. The van der Waals surface area contributed by atoms with Gasteiger partial charge in [0.2, 0.25) is 11.8 Å². The number of piperidine rings is 1. The summed E-state index contributed by atoms with van der Waals surface area (Å²) in [6, 6.07) is 8.34. The lowest BCUT2D eigenvalue weighted by atomic mass is 9.64. The Morgan fingerprint density at radius 1 is 0.880 bits per heavy atom. The molecule has 25 heavy (non-hydrogen) atoms. The van der Waals surface area contributed by atoms with Crippen molar-refractivity contribution >= 4 is 11.8 Å². The molecule has 0 unspecified atom stereocenters. The van der Waals surface area contributed by atoms with E-state index in [9.17, 15) is 9.59 Å². The van der Waals surface area contributed by atoms with Gasteiger partial charge in [0.25, 0.3) is 0 Å². The van der Waals surface area contributed by atoms with Crippen LogP contribution in [0.25, 0.3) is 0 Å². The maximum Gasteiger partial charge on any atom is 0.223 e. The molecule has 0 atom stereocenters. The van der Waals surface area contributed by atoms with E-state index in [1.807, 2.05) is 15.9 Å². The molecular formula is C21H28N2O2. The van der Waals surface area contributed by atoms with Gasteiger partial charge in [-0.3, -0.25) is 9.59 Å². The highest BCUT2D eigenvalue weighted by molar-refractivity contribution is 5.84. The summed E-state index contributed by atoms with van der Waals surface area (Å²) in [5.41, 5.74) is 3.02. The Hall–Kier alpha value is -1.84. The molecule has 4 nitrogen and oxygen atoms in total. The molecule has 1 saturated heterocycles. The first-order valence-electron chi connectivity index (χ1n) is 9.78. The minimum atomic E-state index is 0.123. The topological polar surface area (TPSA) is 40.6 Å². The van der Waals surface area contributed by atoms with Crippen molar-refractivity contribution in [1.29, 1.82) is 0 Å². The number of hydrogen-bond acceptors (Lipinski definition) is 2. The predicted octanol–water partition coefficient (Wildman–Crippen LogP) is 3.14. The van der Waals surface area contributed by atoms with Gasteiger partial charge in [0.05, 0.1) is 0 Å². The molecule has 1 aliphatic carbocycles. The molecule has 0 N–H and O–H groups in total. The van der Waals surface area contributed by atoms with Gasteiger partial charge in [-0.2, -0.15) is 0 Å². The number of carbonyl (C=O) groups is 2. The van der Waals surface area contributed by atoms with E-state index in [1.54, 1.807) is 0 Å². The van der Waals surface area contributed by atoms with E-state index in [-0.39, 0.29) is 11.8 Å². The van der Waals surface area contributed by atoms with Crippen LogP contribution in [0, 0.1) is 5.41 Å². The van der Waals surface area contributed by atoms with Gasteiger partial charge >= 0.3 is 0 Å². The summed E-state index contributed by atoms with van der Waals surface area (Å²) in [7, 11) is 0. The van der Waals surface area contributed by atoms with Crippen LogP contribution in [-0.2, 0) is 22.6 Å². The van der Waals surface area contributed by atoms with Crippen LogP contribution in [0.4, 0.5) is 0 Å². The number of rotatable bonds is 3. The zero-order valence-electron chi connectivity index (χ0n) is 15.0. The van der Waals surface area contributed by atoms with E-state index in [4.69, 9.17) is 0 Å². The number of benzene rings is 1. The van der Waals surface area contributed by atoms with Crippen LogP contribution >= 0.6 is 0 Å². The second kappa shape index (κ2) is 6.81. The molecule has 1 saturated carbocycles. The molecule has 2 fully saturated rings. The lowest BCUT2D eigenvalue weighted by Gasteiger charge is -2.49. The third-order valence-corrected chi connectivity index (χ3v) is 6.46. The van der Waals surface area contributed by atoms with Crippen molar-refractivity contribution in [2.24, 2.45) is 5.41 Å². The lowest BCUT2D eigenvalue weighted by molar-refractivity contribution is -0.140. The van der Waals surface area contributed by atoms with E-state index in [0.29, 0.717) is 24.8 Å². The van der Waals surface area contributed by atoms with Gasteiger partial charge in [0, 0.05) is 39.0 Å². The van der Waals surface area contributed by atoms with Crippen molar-refractivity contribution in [2.45, 2.75) is 57.9 Å². The van der Waals surface area contributed by atoms with Crippen LogP contribution in [0.15, 0.2) is 24.3 Å². The van der Waals surface area contributed by atoms with Gasteiger partial charge in [-0.05, 0) is 48.6 Å². The molecule has 4 rings (SSSR count). The highest BCUT2D eigenvalue weighted by Gasteiger charge is 2.41. The van der Waals surface area contributed by atoms with E-state index in [1.165, 1.54) is 36.8 Å². The molecule has 1 aromatic carbocycles. The molecule has 0 bridgehead atoms. The van der Waals surface area contributed by atoms with Crippen LogP contribution in [0.5, 0.6) is 0 Å². The SMILES string of the molecule is O=C(CCC(=O)N1CCCC2(CCC2)C1)N1CCc2ccccc2C1. The summed E-state index contributed by atoms with van der Waals surface area (Å²) in [4.78, 5) is 29.1. The average molecular weight is 340 g/mol. The molecule has 134 valence electrons. The van der Waals surface area contributed by atoms with Gasteiger partial charge in [0.1, 0.15) is 0 Å². The summed E-state index contributed by atoms with van der Waals surface area (Å²) in [6.07, 6.45) is 7.93. The Bertz CT molecular complexity index is 666. The molecule has 2 aliphatic heterocycles. The summed E-state index contributed by atoms with van der Waals surface area (Å²) in [5.74, 6) is 0.301. The van der Waals surface area contributed by atoms with Crippen molar-refractivity contribution in [3.8, 4) is 0 Å². The van der Waals surface area contributed by atoms with Crippen LogP contribution < -0.4 is 0 Å². The van der Waals surface area contributed by atoms with Gasteiger partial charge in [0.15, 0.2) is 0 Å². The zero-order valence-corrected chi connectivity index (χ0v) is 15.0. The normalized spacial score (nSPS) is 21.6. The number of nitrogens with zero attached hydrogens (tertiary/aromatic N) is 2. The zero-order chi connectivity index (χ0) is 17.3. The highest BCUT2D eigenvalue weighted by atomic mass is 16.2. The van der Waals surface area contributed by atoms with E-state index < -0.39 is 0 Å². The maximum absolute atomic E-state index is 12.6. The highest BCUT2D eigenvalue weighted by Crippen LogP contribution is 2.47. The molecule has 4 heteroatoms. The maximum atomic E-state index is 12.6. The van der Waals surface area contributed by atoms with Crippen LogP contribution in [0.2, 0.25) is 0 Å². The smallest absolute Gasteiger partial charge is 0.223 e. The Labute approximate surface area is 150 Å². The first kappa shape index (κ1) is 16.6. The number of fused-ring (bicyclic) bond motifs is 1. The molecule has 2 heterocycles. The molecular weight excluding hydrogens is 312 g/mol. The van der Waals surface area contributed by atoms with Gasteiger partial charge in [-0.1, -0.05) is 30.7 Å². The Kier molecular flexibility index (Phi) is 4.53. The van der Waals surface area contributed by atoms with Crippen molar-refractivity contribution in [2.75, 3.05) is 19.6 Å². The van der Waals surface area contributed by atoms with E-state index in [2.05, 4.69) is 18.2 Å². The number of amides is 2. The fourth-order valence-electron chi connectivity index (χ4n) is 4.74. The van der Waals surface area contributed by atoms with Crippen LogP contribution in [0.1, 0.15) is 56.1 Å². The van der Waals surface area contributed by atoms with Crippen molar-refractivity contribution < 1.29 is 9.59 Å². The fourth-order valence-corrected chi connectivity index (χ4v) is 4.74. The first-order chi connectivity index (χ1) is 12.2. The number of hydrogen-bond donors (Lipinski definition) is 0. The molecule has 0 radical (unpaired) electrons. The summed E-state index contributed by atoms with van der Waals surface area (Å²) in [6.45, 7) is 3.27. The van der Waals surface area contributed by atoms with Crippen molar-refractivity contribution in [3.05, 3.63) is 35.4 Å². The first-order valence-corrected chi connectivity index (χ1v) is 9.78. The number of carbonyl (C=O) groups excluding carboxylic acids is 2. The summed E-state index contributed by atoms with van der Waals surface area (Å²) in [5, 5.41) is 0. The van der Waals surface area contributed by atoms with E-state index in [0.717, 1.165) is 32.5 Å². The second-order valence-electron chi connectivity index (χ2n) is 8.11. The Balaban J connectivity index is 1.28. The molecule has 2 amide bonds. The van der Waals surface area contributed by atoms with Crippen molar-refractivity contribution in [3.63, 3.8) is 0 Å². The van der Waals surface area contributed by atoms with Gasteiger partial charge in [-0.15, -0.1) is 0 Å². The average Bonchev–Trinajstić information content (AvgIpc) is 2.64. The van der Waals surface area contributed by atoms with Gasteiger partial charge in [-0.25, -0.2) is 0 Å². The largest absolute Gasteiger partial charge is 0.342 e. The second-order valence-corrected chi connectivity index (χ2v) is 8.11. The summed E-state index contributed by atoms with van der Waals surface area (Å²) >= 11 is 0. The standard InChI is InChI=1S/C21H28N2O2/c24-19(22-14-9-17-5-1-2-6-18(17)15-22)7-8-20(25)23-13-4-12-21(16-23)10-3-11-21/h1-2,5-6H,3-4,7-16H2. The minimum absolute atomic E-state index is 0.123. The molecule has 3 aliphatic rings. The van der Waals surface area contributed by atoms with Crippen LogP contribution in [0.3, 0.4) is 0 Å². The third-order valence-electron chi connectivity index (χ3n) is 6.46.